The second-order valence-corrected chi connectivity index (χ2v) is 6.83. The van der Waals surface area contributed by atoms with Crippen LogP contribution in [0.4, 0.5) is 25.1 Å². The van der Waals surface area contributed by atoms with Gasteiger partial charge in [0.05, 0.1) is 10.6 Å². The smallest absolute Gasteiger partial charge is 0.316 e. The van der Waals surface area contributed by atoms with Crippen molar-refractivity contribution in [3.63, 3.8) is 0 Å². The normalized spacial score (nSPS) is 12.6. The predicted molar refractivity (Wildman–Crippen MR) is 103 cm³/mol. The number of nitrogens with one attached hydrogen (secondary N) is 1. The molecule has 152 valence electrons. The van der Waals surface area contributed by atoms with Crippen LogP contribution in [0.5, 0.6) is 0 Å². The number of nitrogens with zero attached hydrogens (tertiary/aromatic N) is 4. The number of benzene rings is 1. The van der Waals surface area contributed by atoms with Crippen LogP contribution >= 0.6 is 0 Å². The molecule has 8 nitrogen and oxygen atoms in total. The summed E-state index contributed by atoms with van der Waals surface area (Å²) in [7, 11) is 0. The Morgan fingerprint density at radius 3 is 2.67 bits per heavy atom. The molecule has 30 heavy (non-hydrogen) atoms. The number of nitro groups is 1. The molecule has 1 N–H and O–H groups in total. The summed E-state index contributed by atoms with van der Waals surface area (Å²) in [5.41, 5.74) is 2.20. The Kier molecular flexibility index (Phi) is 4.82. The van der Waals surface area contributed by atoms with Gasteiger partial charge in [0.1, 0.15) is 11.6 Å². The van der Waals surface area contributed by atoms with Crippen LogP contribution in [0.3, 0.4) is 0 Å². The number of hydrogen-bond donors (Lipinski definition) is 1. The zero-order valence-electron chi connectivity index (χ0n) is 15.7. The molecule has 4 rings (SSSR count). The van der Waals surface area contributed by atoms with Crippen molar-refractivity contribution in [1.82, 2.24) is 14.9 Å². The van der Waals surface area contributed by atoms with Gasteiger partial charge in [-0.25, -0.2) is 18.6 Å². The van der Waals surface area contributed by atoms with Crippen molar-refractivity contribution in [2.24, 2.45) is 0 Å². The van der Waals surface area contributed by atoms with Crippen LogP contribution < -0.4 is 5.32 Å². The van der Waals surface area contributed by atoms with Gasteiger partial charge in [-0.15, -0.1) is 0 Å². The predicted octanol–water partition coefficient (Wildman–Crippen LogP) is 4.19. The van der Waals surface area contributed by atoms with Crippen LogP contribution in [0.2, 0.25) is 0 Å². The van der Waals surface area contributed by atoms with E-state index < -0.39 is 28.3 Å². The fourth-order valence-electron chi connectivity index (χ4n) is 3.26. The Bertz CT molecular complexity index is 1190. The van der Waals surface area contributed by atoms with Crippen LogP contribution in [0.25, 0.3) is 11.3 Å². The van der Waals surface area contributed by atoms with Gasteiger partial charge in [-0.2, -0.15) is 0 Å². The highest BCUT2D eigenvalue weighted by Gasteiger charge is 2.27. The summed E-state index contributed by atoms with van der Waals surface area (Å²) in [4.78, 5) is 33.1. The molecule has 3 heterocycles. The van der Waals surface area contributed by atoms with E-state index in [-0.39, 0.29) is 17.1 Å². The summed E-state index contributed by atoms with van der Waals surface area (Å²) >= 11 is 0. The molecule has 0 fully saturated rings. The molecule has 1 aliphatic heterocycles. The minimum atomic E-state index is -0.869. The summed E-state index contributed by atoms with van der Waals surface area (Å²) in [5.74, 6) is -1.95. The fraction of sp³-hybridized carbons (Fsp3) is 0.150. The van der Waals surface area contributed by atoms with E-state index in [0.717, 1.165) is 29.0 Å². The van der Waals surface area contributed by atoms with Gasteiger partial charge in [0.2, 0.25) is 5.82 Å². The first-order chi connectivity index (χ1) is 14.3. The third-order valence-corrected chi connectivity index (χ3v) is 4.73. The number of anilines is 1. The maximum absolute atomic E-state index is 14.1. The lowest BCUT2D eigenvalue weighted by Gasteiger charge is -2.16. The van der Waals surface area contributed by atoms with Crippen molar-refractivity contribution >= 4 is 17.5 Å². The molecule has 2 aromatic heterocycles. The van der Waals surface area contributed by atoms with Gasteiger partial charge in [-0.3, -0.25) is 20.4 Å². The average molecular weight is 411 g/mol. The number of aryl methyl sites for hydroxylation is 1. The number of carbonyl (C=O) groups excluding carboxylic acids is 1. The van der Waals surface area contributed by atoms with Crippen molar-refractivity contribution in [2.45, 2.75) is 20.0 Å². The van der Waals surface area contributed by atoms with Crippen molar-refractivity contribution in [2.75, 3.05) is 5.32 Å². The largest absolute Gasteiger partial charge is 0.323 e. The van der Waals surface area contributed by atoms with E-state index in [1.54, 1.807) is 6.20 Å². The number of aromatic nitrogens is 2. The Morgan fingerprint density at radius 2 is 1.93 bits per heavy atom. The van der Waals surface area contributed by atoms with Gasteiger partial charge < -0.3 is 4.90 Å². The number of halogens is 2. The fourth-order valence-corrected chi connectivity index (χ4v) is 3.26. The highest BCUT2D eigenvalue weighted by atomic mass is 19.1. The second-order valence-electron chi connectivity index (χ2n) is 6.83. The van der Waals surface area contributed by atoms with E-state index in [0.29, 0.717) is 19.2 Å². The van der Waals surface area contributed by atoms with Crippen molar-refractivity contribution in [1.29, 1.82) is 0 Å². The molecule has 3 aromatic rings. The molecule has 0 aliphatic carbocycles. The summed E-state index contributed by atoms with van der Waals surface area (Å²) in [5, 5.41) is 13.8. The van der Waals surface area contributed by atoms with Crippen LogP contribution in [-0.2, 0) is 13.1 Å². The van der Waals surface area contributed by atoms with Gasteiger partial charge in [-0.05, 0) is 42.3 Å². The Labute approximate surface area is 169 Å². The maximum Gasteiger partial charge on any atom is 0.323 e. The van der Waals surface area contributed by atoms with Gasteiger partial charge in [0.15, 0.2) is 0 Å². The van der Waals surface area contributed by atoms with E-state index in [1.807, 2.05) is 13.0 Å². The molecule has 10 heteroatoms. The molecule has 1 aromatic carbocycles. The van der Waals surface area contributed by atoms with Crippen LogP contribution in [-0.4, -0.2) is 25.8 Å². The molecule has 0 saturated heterocycles. The van der Waals surface area contributed by atoms with Crippen molar-refractivity contribution in [3.05, 3.63) is 81.2 Å². The van der Waals surface area contributed by atoms with E-state index >= 15 is 0 Å². The molecule has 0 spiro atoms. The first-order valence-electron chi connectivity index (χ1n) is 8.93. The van der Waals surface area contributed by atoms with E-state index in [2.05, 4.69) is 15.3 Å². The molecular formula is C20H15F2N5O3. The second kappa shape index (κ2) is 7.47. The van der Waals surface area contributed by atoms with Gasteiger partial charge in [-0.1, -0.05) is 0 Å². The average Bonchev–Trinajstić information content (AvgIpc) is 3.11. The summed E-state index contributed by atoms with van der Waals surface area (Å²) in [6, 6.07) is 6.57. The lowest BCUT2D eigenvalue weighted by molar-refractivity contribution is -0.384. The summed E-state index contributed by atoms with van der Waals surface area (Å²) in [6.45, 7) is 2.47. The lowest BCUT2D eigenvalue weighted by atomic mass is 10.1. The van der Waals surface area contributed by atoms with Crippen LogP contribution in [0, 0.1) is 28.7 Å². The molecule has 2 amide bonds. The number of rotatable bonds is 3. The number of carbonyl (C=O) groups is 1. The molecular weight excluding hydrogens is 396 g/mol. The van der Waals surface area contributed by atoms with E-state index in [4.69, 9.17) is 0 Å². The number of amides is 2. The number of urea groups is 1. The zero-order valence-corrected chi connectivity index (χ0v) is 15.7. The minimum absolute atomic E-state index is 0.0259. The van der Waals surface area contributed by atoms with Crippen LogP contribution in [0.15, 0.2) is 42.6 Å². The zero-order chi connectivity index (χ0) is 21.4. The Morgan fingerprint density at radius 1 is 1.17 bits per heavy atom. The van der Waals surface area contributed by atoms with Crippen molar-refractivity contribution < 1.29 is 18.5 Å². The Hall–Kier alpha value is -3.95. The minimum Gasteiger partial charge on any atom is -0.316 e. The van der Waals surface area contributed by atoms with Gasteiger partial charge in [0, 0.05) is 42.7 Å². The van der Waals surface area contributed by atoms with Gasteiger partial charge >= 0.3 is 11.7 Å². The summed E-state index contributed by atoms with van der Waals surface area (Å²) < 4.78 is 27.3. The van der Waals surface area contributed by atoms with Gasteiger partial charge in [0.25, 0.3) is 0 Å². The maximum atomic E-state index is 14.1. The third-order valence-electron chi connectivity index (χ3n) is 4.73. The molecule has 0 saturated carbocycles. The molecule has 0 radical (unpaired) electrons. The molecule has 0 bridgehead atoms. The highest BCUT2D eigenvalue weighted by Crippen LogP contribution is 2.30. The number of hydrogen-bond acceptors (Lipinski definition) is 5. The number of fused-ring (bicyclic) bond motifs is 1. The molecule has 0 unspecified atom stereocenters. The topological polar surface area (TPSA) is 101 Å². The van der Waals surface area contributed by atoms with Crippen molar-refractivity contribution in [3.8, 4) is 11.3 Å². The first-order valence-corrected chi connectivity index (χ1v) is 8.93. The molecule has 1 aliphatic rings. The third kappa shape index (κ3) is 3.66. The van der Waals surface area contributed by atoms with E-state index in [9.17, 15) is 23.7 Å². The quantitative estimate of drug-likeness (QED) is 0.515. The summed E-state index contributed by atoms with van der Waals surface area (Å²) in [6.07, 6.45) is 1.69. The number of pyridine rings is 2. The van der Waals surface area contributed by atoms with Crippen LogP contribution in [0.1, 0.15) is 16.8 Å². The first kappa shape index (κ1) is 19.4. The SMILES string of the molecule is Cc1cc2c(cn1)CN(C(=O)Nc1nc(-c3ccc(F)cc3F)ccc1[N+](=O)[O-])C2. The monoisotopic (exact) mass is 411 g/mol. The standard InChI is InChI=1S/C20H15F2N5O3/c1-11-6-12-9-26(10-13(12)8-23-11)20(28)25-19-18(27(29)30)5-4-17(24-19)15-3-2-14(21)7-16(15)22/h2-8H,9-10H2,1H3,(H,24,25,28). The Balaban J connectivity index is 1.62. The highest BCUT2D eigenvalue weighted by molar-refractivity contribution is 5.91. The lowest BCUT2D eigenvalue weighted by Crippen LogP contribution is -2.30. The van der Waals surface area contributed by atoms with E-state index in [1.165, 1.54) is 17.0 Å². The molecule has 0 atom stereocenters.